The molecular formula is C9H19N3O2S. The fourth-order valence-electron chi connectivity index (χ4n) is 0.881. The van der Waals surface area contributed by atoms with Gasteiger partial charge in [0, 0.05) is 6.54 Å². The van der Waals surface area contributed by atoms with Crippen LogP contribution in [-0.2, 0) is 4.79 Å². The Balaban J connectivity index is 4.09. The molecule has 0 aliphatic rings. The molecule has 0 radical (unpaired) electrons. The summed E-state index contributed by atoms with van der Waals surface area (Å²) in [6.07, 6.45) is 2.93. The molecule has 0 atom stereocenters. The van der Waals surface area contributed by atoms with Crippen molar-refractivity contribution < 1.29 is 10.0 Å². The number of carbonyl (C=O) groups is 1. The van der Waals surface area contributed by atoms with Crippen LogP contribution in [-0.4, -0.2) is 35.5 Å². The predicted octanol–water partition coefficient (Wildman–Crippen LogP) is 0.628. The minimum absolute atomic E-state index is 0.0788. The van der Waals surface area contributed by atoms with Crippen molar-refractivity contribution in [1.82, 2.24) is 5.32 Å². The van der Waals surface area contributed by atoms with E-state index in [0.29, 0.717) is 6.54 Å². The van der Waals surface area contributed by atoms with Gasteiger partial charge in [-0.05, 0) is 32.3 Å². The maximum atomic E-state index is 11.6. The van der Waals surface area contributed by atoms with Crippen LogP contribution in [0.4, 0.5) is 0 Å². The molecule has 0 aromatic carbocycles. The number of carbonyl (C=O) groups excluding carboxylic acids is 1. The number of nitrogens with zero attached hydrogens (tertiary/aromatic N) is 1. The Morgan fingerprint density at radius 2 is 2.20 bits per heavy atom. The summed E-state index contributed by atoms with van der Waals surface area (Å²) in [4.78, 5) is 11.6. The summed E-state index contributed by atoms with van der Waals surface area (Å²) in [5.41, 5.74) is 4.45. The van der Waals surface area contributed by atoms with Gasteiger partial charge in [-0.3, -0.25) is 4.79 Å². The van der Waals surface area contributed by atoms with Gasteiger partial charge in [-0.25, -0.2) is 0 Å². The highest BCUT2D eigenvalue weighted by Crippen LogP contribution is 2.14. The van der Waals surface area contributed by atoms with E-state index in [9.17, 15) is 4.79 Å². The van der Waals surface area contributed by atoms with Crippen LogP contribution in [0.1, 0.15) is 20.3 Å². The molecule has 0 heterocycles. The van der Waals surface area contributed by atoms with E-state index in [4.69, 9.17) is 10.9 Å². The highest BCUT2D eigenvalue weighted by atomic mass is 32.2. The van der Waals surface area contributed by atoms with Gasteiger partial charge in [0.1, 0.15) is 5.41 Å². The highest BCUT2D eigenvalue weighted by molar-refractivity contribution is 7.98. The van der Waals surface area contributed by atoms with Crippen LogP contribution in [0.3, 0.4) is 0 Å². The molecular weight excluding hydrogens is 214 g/mol. The van der Waals surface area contributed by atoms with Gasteiger partial charge >= 0.3 is 0 Å². The van der Waals surface area contributed by atoms with E-state index in [1.807, 2.05) is 6.26 Å². The molecule has 0 bridgehead atoms. The first-order valence-corrected chi connectivity index (χ1v) is 6.11. The second-order valence-corrected chi connectivity index (χ2v) is 4.70. The zero-order chi connectivity index (χ0) is 11.9. The van der Waals surface area contributed by atoms with E-state index in [1.54, 1.807) is 25.6 Å². The molecule has 4 N–H and O–H groups in total. The molecule has 0 aliphatic heterocycles. The molecule has 88 valence electrons. The molecule has 0 fully saturated rings. The van der Waals surface area contributed by atoms with E-state index >= 15 is 0 Å². The van der Waals surface area contributed by atoms with Gasteiger partial charge in [-0.15, -0.1) is 0 Å². The van der Waals surface area contributed by atoms with Crippen LogP contribution in [0.2, 0.25) is 0 Å². The summed E-state index contributed by atoms with van der Waals surface area (Å²) < 4.78 is 0. The van der Waals surface area contributed by atoms with Crippen molar-refractivity contribution in [3.63, 3.8) is 0 Å². The normalized spacial score (nSPS) is 12.6. The fraction of sp³-hybridized carbons (Fsp3) is 0.778. The standard InChI is InChI=1S/C9H19N3O2S/c1-9(2,7(10)12-14)8(13)11-5-4-6-15-3/h14H,4-6H2,1-3H3,(H2,10,12)(H,11,13). The smallest absolute Gasteiger partial charge is 0.233 e. The minimum Gasteiger partial charge on any atom is -0.409 e. The third-order valence-corrected chi connectivity index (χ3v) is 2.82. The SMILES string of the molecule is CSCCCNC(=O)C(C)(C)C(N)=NO. The van der Waals surface area contributed by atoms with Gasteiger partial charge in [0.15, 0.2) is 5.84 Å². The number of oxime groups is 1. The first-order chi connectivity index (χ1) is 6.96. The minimum atomic E-state index is -0.964. The van der Waals surface area contributed by atoms with E-state index in [2.05, 4.69) is 10.5 Å². The van der Waals surface area contributed by atoms with Gasteiger partial charge in [0.2, 0.25) is 5.91 Å². The Morgan fingerprint density at radius 1 is 1.60 bits per heavy atom. The van der Waals surface area contributed by atoms with Crippen LogP contribution >= 0.6 is 11.8 Å². The predicted molar refractivity (Wildman–Crippen MR) is 63.2 cm³/mol. The van der Waals surface area contributed by atoms with Gasteiger partial charge in [-0.2, -0.15) is 11.8 Å². The lowest BCUT2D eigenvalue weighted by Gasteiger charge is -2.21. The van der Waals surface area contributed by atoms with Crippen molar-refractivity contribution in [2.75, 3.05) is 18.6 Å². The Hall–Kier alpha value is -0.910. The molecule has 1 amide bonds. The molecule has 15 heavy (non-hydrogen) atoms. The summed E-state index contributed by atoms with van der Waals surface area (Å²) in [5, 5.41) is 14.1. The Morgan fingerprint density at radius 3 is 2.67 bits per heavy atom. The van der Waals surface area contributed by atoms with Crippen molar-refractivity contribution >= 4 is 23.5 Å². The van der Waals surface area contributed by atoms with Gasteiger partial charge < -0.3 is 16.3 Å². The number of nitrogens with one attached hydrogen (secondary N) is 1. The summed E-state index contributed by atoms with van der Waals surface area (Å²) in [7, 11) is 0. The number of thioether (sulfide) groups is 1. The van der Waals surface area contributed by atoms with Gasteiger partial charge in [0.25, 0.3) is 0 Å². The van der Waals surface area contributed by atoms with Crippen molar-refractivity contribution in [1.29, 1.82) is 0 Å². The lowest BCUT2D eigenvalue weighted by atomic mass is 9.91. The van der Waals surface area contributed by atoms with Crippen molar-refractivity contribution in [2.24, 2.45) is 16.3 Å². The zero-order valence-corrected chi connectivity index (χ0v) is 10.2. The van der Waals surface area contributed by atoms with Crippen molar-refractivity contribution in [2.45, 2.75) is 20.3 Å². The quantitative estimate of drug-likeness (QED) is 0.206. The number of amides is 1. The van der Waals surface area contributed by atoms with E-state index in [-0.39, 0.29) is 11.7 Å². The molecule has 0 aliphatic carbocycles. The van der Waals surface area contributed by atoms with Gasteiger partial charge in [0.05, 0.1) is 0 Å². The number of nitrogens with two attached hydrogens (primary N) is 1. The summed E-state index contributed by atoms with van der Waals surface area (Å²) in [6.45, 7) is 3.85. The maximum absolute atomic E-state index is 11.6. The Labute approximate surface area is 94.5 Å². The molecule has 0 aromatic rings. The second kappa shape index (κ2) is 6.55. The van der Waals surface area contributed by atoms with Crippen LogP contribution in [0.25, 0.3) is 0 Å². The highest BCUT2D eigenvalue weighted by Gasteiger charge is 2.32. The lowest BCUT2D eigenvalue weighted by molar-refractivity contribution is -0.126. The monoisotopic (exact) mass is 233 g/mol. The van der Waals surface area contributed by atoms with Crippen LogP contribution in [0.5, 0.6) is 0 Å². The van der Waals surface area contributed by atoms with Gasteiger partial charge in [-0.1, -0.05) is 5.16 Å². The third kappa shape index (κ3) is 4.42. The molecule has 0 saturated heterocycles. The summed E-state index contributed by atoms with van der Waals surface area (Å²) >= 11 is 1.73. The Kier molecular flexibility index (Phi) is 6.15. The Bertz CT molecular complexity index is 242. The number of hydrogen-bond donors (Lipinski definition) is 3. The third-order valence-electron chi connectivity index (χ3n) is 2.13. The molecule has 0 saturated carbocycles. The van der Waals surface area contributed by atoms with E-state index in [0.717, 1.165) is 12.2 Å². The summed E-state index contributed by atoms with van der Waals surface area (Å²) in [5.74, 6) is 0.702. The number of rotatable bonds is 6. The van der Waals surface area contributed by atoms with Crippen LogP contribution in [0.15, 0.2) is 5.16 Å². The zero-order valence-electron chi connectivity index (χ0n) is 9.41. The first kappa shape index (κ1) is 14.1. The topological polar surface area (TPSA) is 87.7 Å². The number of amidine groups is 1. The average Bonchev–Trinajstić information content (AvgIpc) is 2.22. The largest absolute Gasteiger partial charge is 0.409 e. The van der Waals surface area contributed by atoms with Crippen molar-refractivity contribution in [3.8, 4) is 0 Å². The summed E-state index contributed by atoms with van der Waals surface area (Å²) in [6, 6.07) is 0. The lowest BCUT2D eigenvalue weighted by Crippen LogP contribution is -2.46. The fourth-order valence-corrected chi connectivity index (χ4v) is 1.31. The average molecular weight is 233 g/mol. The molecule has 0 aromatic heterocycles. The molecule has 6 heteroatoms. The second-order valence-electron chi connectivity index (χ2n) is 3.71. The molecule has 5 nitrogen and oxygen atoms in total. The van der Waals surface area contributed by atoms with Crippen molar-refractivity contribution in [3.05, 3.63) is 0 Å². The van der Waals surface area contributed by atoms with E-state index in [1.165, 1.54) is 0 Å². The van der Waals surface area contributed by atoms with E-state index < -0.39 is 5.41 Å². The molecule has 0 rings (SSSR count). The molecule has 0 unspecified atom stereocenters. The first-order valence-electron chi connectivity index (χ1n) is 4.72. The molecule has 0 spiro atoms. The van der Waals surface area contributed by atoms with Crippen LogP contribution in [0, 0.1) is 5.41 Å². The van der Waals surface area contributed by atoms with Crippen LogP contribution < -0.4 is 11.1 Å². The maximum Gasteiger partial charge on any atom is 0.233 e. The number of hydrogen-bond acceptors (Lipinski definition) is 4.